The molecule has 10 fully saturated rings. The number of hydrogen-bond acceptors (Lipinski definition) is 32. The zero-order valence-electron chi connectivity index (χ0n) is 57.9. The Bertz CT molecular complexity index is 2740. The number of methoxy groups -OCH3 is 2. The molecule has 0 aromatic rings. The Hall–Kier alpha value is -1.99. The molecule has 32 heteroatoms. The predicted octanol–water partition coefficient (Wildman–Crippen LogP) is -4.03. The first-order valence-electron chi connectivity index (χ1n) is 35.2. The van der Waals surface area contributed by atoms with E-state index >= 15 is 0 Å². The van der Waals surface area contributed by atoms with Crippen molar-refractivity contribution in [1.29, 1.82) is 0 Å². The number of cyclic esters (lactones) is 1. The molecule has 99 heavy (non-hydrogen) atoms. The van der Waals surface area contributed by atoms with E-state index in [1.807, 2.05) is 13.0 Å². The van der Waals surface area contributed by atoms with E-state index in [-0.39, 0.29) is 23.7 Å². The van der Waals surface area contributed by atoms with E-state index in [9.17, 15) is 86.5 Å². The molecule has 0 aromatic heterocycles. The molecule has 8 unspecified atom stereocenters. The standard InChI is InChI=1S/C67H110O32/c1-26(2)12-11-17-66(8)36-15-19-65(7)28-13-14-35-63(4,5)38(16-18-64(35,6)29(28)20-37(72)67(36,65)62(84)99-66)94-61-55(43(77)34(25-87-61)93-57-48(82)53(41(75)32(23-70)89-57)96-58-46(80)51(85-9)39(73)30(21-68)90-58)98-56-45(79)44(78)50(27(3)88-56)95-60-49(83)54(42(76)33(24-71)92-60)97-59-47(81)52(86-10)40(74)31(22-69)91-59/h20,26-28,30-61,68-83H,11-19,21-25H2,1-10H3/t27-,28?,30-,31-,32-,33-,34-,35?,36?,37+,38+,39-,40-,41-,42-,43+,44-,45-,46-,47-,48-,49-,50-,51+,52?,53+,54?,55-,56+,57+,58?,59?,60+,61+,64-,65+,66+,67?/m1/s1. The zero-order chi connectivity index (χ0) is 72.1. The Balaban J connectivity index is 0.839. The predicted molar refractivity (Wildman–Crippen MR) is 332 cm³/mol. The smallest absolute Gasteiger partial charge is 0.316 e. The van der Waals surface area contributed by atoms with Gasteiger partial charge in [0.15, 0.2) is 37.7 Å². The van der Waals surface area contributed by atoms with Gasteiger partial charge in [-0.25, -0.2) is 0 Å². The van der Waals surface area contributed by atoms with Crippen LogP contribution >= 0.6 is 0 Å². The van der Waals surface area contributed by atoms with Gasteiger partial charge >= 0.3 is 5.97 Å². The van der Waals surface area contributed by atoms with Crippen molar-refractivity contribution in [2.75, 3.05) is 47.3 Å². The highest BCUT2D eigenvalue weighted by atomic mass is 16.8. The average Bonchev–Trinajstić information content (AvgIpc) is 1.53. The summed E-state index contributed by atoms with van der Waals surface area (Å²) >= 11 is 0. The third-order valence-electron chi connectivity index (χ3n) is 24.9. The van der Waals surface area contributed by atoms with E-state index in [1.165, 1.54) is 21.1 Å². The van der Waals surface area contributed by atoms with E-state index in [1.54, 1.807) is 0 Å². The van der Waals surface area contributed by atoms with Crippen LogP contribution in [0.2, 0.25) is 0 Å². The molecule has 11 aliphatic rings. The van der Waals surface area contributed by atoms with Gasteiger partial charge in [-0.15, -0.1) is 0 Å². The Labute approximate surface area is 575 Å². The minimum absolute atomic E-state index is 0.0371. The van der Waals surface area contributed by atoms with E-state index in [2.05, 4.69) is 41.5 Å². The molecule has 7 heterocycles. The van der Waals surface area contributed by atoms with Crippen molar-refractivity contribution in [2.45, 2.75) is 309 Å². The zero-order valence-corrected chi connectivity index (χ0v) is 57.9. The summed E-state index contributed by atoms with van der Waals surface area (Å²) in [5, 5.41) is 180. The van der Waals surface area contributed by atoms with Gasteiger partial charge in [0.1, 0.15) is 145 Å². The Kier molecular flexibility index (Phi) is 23.9. The average molecular weight is 1430 g/mol. The lowest BCUT2D eigenvalue weighted by molar-refractivity contribution is -0.397. The van der Waals surface area contributed by atoms with Crippen molar-refractivity contribution in [3.8, 4) is 0 Å². The molecule has 0 bridgehead atoms. The molecular weight excluding hydrogens is 1320 g/mol. The number of aliphatic hydroxyl groups excluding tert-OH is 16. The van der Waals surface area contributed by atoms with Crippen LogP contribution in [0.25, 0.3) is 0 Å². The van der Waals surface area contributed by atoms with Gasteiger partial charge in [-0.05, 0) is 99.2 Å². The fourth-order valence-electron chi connectivity index (χ4n) is 19.4. The van der Waals surface area contributed by atoms with E-state index in [4.69, 9.17) is 71.1 Å². The van der Waals surface area contributed by atoms with Gasteiger partial charge in [0.05, 0.1) is 51.3 Å². The molecular formula is C67H110O32. The highest BCUT2D eigenvalue weighted by Gasteiger charge is 2.79. The monoisotopic (exact) mass is 1430 g/mol. The minimum atomic E-state index is -2.08. The largest absolute Gasteiger partial charge is 0.459 e. The van der Waals surface area contributed by atoms with Gasteiger partial charge in [0.2, 0.25) is 0 Å². The molecule has 32 nitrogen and oxygen atoms in total. The van der Waals surface area contributed by atoms with Crippen molar-refractivity contribution in [2.24, 2.45) is 45.3 Å². The van der Waals surface area contributed by atoms with Crippen LogP contribution in [0.15, 0.2) is 11.6 Å². The van der Waals surface area contributed by atoms with Crippen LogP contribution in [-0.2, 0) is 75.8 Å². The van der Waals surface area contributed by atoms with Crippen LogP contribution in [0.3, 0.4) is 0 Å². The van der Waals surface area contributed by atoms with Crippen molar-refractivity contribution < 1.29 is 158 Å². The van der Waals surface area contributed by atoms with Crippen molar-refractivity contribution >= 4 is 5.97 Å². The number of hydrogen-bond donors (Lipinski definition) is 16. The summed E-state index contributed by atoms with van der Waals surface area (Å²) in [6, 6.07) is 0. The molecule has 570 valence electrons. The molecule has 0 amide bonds. The number of rotatable bonds is 22. The summed E-state index contributed by atoms with van der Waals surface area (Å²) in [5.41, 5.74) is -2.51. The Morgan fingerprint density at radius 1 is 0.505 bits per heavy atom. The van der Waals surface area contributed by atoms with Crippen molar-refractivity contribution in [3.63, 3.8) is 0 Å². The third kappa shape index (κ3) is 13.5. The first-order chi connectivity index (χ1) is 46.8. The maximum Gasteiger partial charge on any atom is 0.316 e. The first kappa shape index (κ1) is 78.1. The highest BCUT2D eigenvalue weighted by molar-refractivity contribution is 5.84. The fourth-order valence-corrected chi connectivity index (χ4v) is 19.4. The summed E-state index contributed by atoms with van der Waals surface area (Å²) in [5.74, 6) is -0.129. The summed E-state index contributed by atoms with van der Waals surface area (Å²) in [6.45, 7) is 12.6. The Morgan fingerprint density at radius 3 is 1.48 bits per heavy atom. The molecule has 3 saturated carbocycles. The van der Waals surface area contributed by atoms with Gasteiger partial charge in [0.25, 0.3) is 0 Å². The van der Waals surface area contributed by atoms with E-state index in [0.29, 0.717) is 38.0 Å². The maximum absolute atomic E-state index is 14.6. The third-order valence-corrected chi connectivity index (χ3v) is 24.9. The molecule has 7 aliphatic heterocycles. The second-order valence-electron chi connectivity index (χ2n) is 31.2. The van der Waals surface area contributed by atoms with Crippen LogP contribution in [0, 0.1) is 45.3 Å². The van der Waals surface area contributed by atoms with E-state index in [0.717, 1.165) is 31.3 Å². The van der Waals surface area contributed by atoms with Crippen LogP contribution in [0.4, 0.5) is 0 Å². The molecule has 4 aliphatic carbocycles. The van der Waals surface area contributed by atoms with Gasteiger partial charge in [-0.1, -0.05) is 59.6 Å². The summed E-state index contributed by atoms with van der Waals surface area (Å²) in [6.07, 6.45) is -42.5. The van der Waals surface area contributed by atoms with Crippen molar-refractivity contribution in [1.82, 2.24) is 0 Å². The molecule has 7 saturated heterocycles. The van der Waals surface area contributed by atoms with Crippen LogP contribution in [0.1, 0.15) is 113 Å². The SMILES string of the molecule is COC1[C@@H](O)C(OC2[C@@H](O)[C@H](O[C@H]3[C@H](O)[C@@H](O)[C@H](O[C@H]4[C@H](O[C@H]5CC[C@]6(C)C7=C[C@H](O)C89C(=O)O[C@@](C)(CCCC(C)C)C8CC[C@@]9(C)C7CCC6C5(C)C)OC[C@@H](O[C@@H]5O[C@H](CO)[C@@H](O)[C@H](OC6O[C@H](CO)[C@@H](O)[C@H](OC)[C@H]6O)[C@H]5O)[C@@H]4O)O[C@@H]3C)O[C@H](CO)[C@H]2O)O[C@H](CO)[C@H]1O. The summed E-state index contributed by atoms with van der Waals surface area (Å²) < 4.78 is 90.2. The van der Waals surface area contributed by atoms with Crippen LogP contribution in [0.5, 0.6) is 0 Å². The van der Waals surface area contributed by atoms with Gasteiger partial charge in [-0.3, -0.25) is 4.79 Å². The Morgan fingerprint density at radius 2 is 0.980 bits per heavy atom. The lowest BCUT2D eigenvalue weighted by Gasteiger charge is -2.64. The summed E-state index contributed by atoms with van der Waals surface area (Å²) in [7, 11) is 2.36. The summed E-state index contributed by atoms with van der Waals surface area (Å²) in [4.78, 5) is 14.6. The lowest BCUT2D eigenvalue weighted by Crippen LogP contribution is -2.67. The minimum Gasteiger partial charge on any atom is -0.459 e. The molecule has 38 atom stereocenters. The van der Waals surface area contributed by atoms with Gasteiger partial charge in [-0.2, -0.15) is 0 Å². The first-order valence-corrected chi connectivity index (χ1v) is 35.2. The second-order valence-corrected chi connectivity index (χ2v) is 31.2. The van der Waals surface area contributed by atoms with Crippen LogP contribution in [-0.4, -0.2) is 331 Å². The van der Waals surface area contributed by atoms with Crippen LogP contribution < -0.4 is 0 Å². The number of fused-ring (bicyclic) bond motifs is 4. The molecule has 0 aromatic carbocycles. The number of esters is 1. The molecule has 1 spiro atoms. The lowest BCUT2D eigenvalue weighted by atomic mass is 9.40. The topological polar surface area (TPSA) is 479 Å². The maximum atomic E-state index is 14.6. The number of aliphatic hydroxyl groups is 16. The highest BCUT2D eigenvalue weighted by Crippen LogP contribution is 2.76. The number of ether oxygens (including phenoxy) is 15. The number of carbonyl (C=O) groups excluding carboxylic acids is 1. The normalized spacial score (nSPS) is 52.9. The van der Waals surface area contributed by atoms with E-state index < -0.39 is 251 Å². The molecule has 16 N–H and O–H groups in total. The van der Waals surface area contributed by atoms with Gasteiger partial charge < -0.3 is 153 Å². The fraction of sp³-hybridized carbons (Fsp3) is 0.955. The number of allylic oxidation sites excluding steroid dienone is 1. The second kappa shape index (κ2) is 30.3. The molecule has 0 radical (unpaired) electrons. The van der Waals surface area contributed by atoms with Crippen molar-refractivity contribution in [3.05, 3.63) is 11.6 Å². The van der Waals surface area contributed by atoms with Gasteiger partial charge in [0, 0.05) is 20.1 Å². The molecule has 11 rings (SSSR count). The quantitative estimate of drug-likeness (QED) is 0.0279. The number of carbonyl (C=O) groups is 1.